The van der Waals surface area contributed by atoms with E-state index in [0.717, 1.165) is 11.3 Å². The summed E-state index contributed by atoms with van der Waals surface area (Å²) in [6.07, 6.45) is 0. The molecule has 0 bridgehead atoms. The Hall–Kier alpha value is -2.23. The van der Waals surface area contributed by atoms with Crippen LogP contribution in [0.1, 0.15) is 5.56 Å². The molecule has 0 radical (unpaired) electrons. The molecule has 0 aromatic heterocycles. The Morgan fingerprint density at radius 1 is 1.00 bits per heavy atom. The first-order valence-corrected chi connectivity index (χ1v) is 5.58. The first-order chi connectivity index (χ1) is 8.81. The van der Waals surface area contributed by atoms with Crippen molar-refractivity contribution in [3.8, 4) is 17.2 Å². The number of ether oxygens (including phenoxy) is 3. The van der Waals surface area contributed by atoms with E-state index in [0.29, 0.717) is 18.1 Å². The Kier molecular flexibility index (Phi) is 2.76. The van der Waals surface area contributed by atoms with E-state index in [-0.39, 0.29) is 12.6 Å². The Balaban J connectivity index is 1.68. The molecule has 0 aliphatic carbocycles. The molecule has 0 unspecified atom stereocenters. The molecule has 3 rings (SSSR count). The average molecular weight is 246 g/mol. The molecular formula is C14H11FO3. The summed E-state index contributed by atoms with van der Waals surface area (Å²) in [5.74, 6) is 1.86. The van der Waals surface area contributed by atoms with Crippen molar-refractivity contribution in [3.05, 3.63) is 53.8 Å². The van der Waals surface area contributed by atoms with Gasteiger partial charge in [-0.15, -0.1) is 0 Å². The Labute approximate surface area is 104 Å². The summed E-state index contributed by atoms with van der Waals surface area (Å²) in [5, 5.41) is 0. The quantitative estimate of drug-likeness (QED) is 0.832. The Morgan fingerprint density at radius 3 is 2.61 bits per heavy atom. The third-order valence-corrected chi connectivity index (χ3v) is 2.66. The second kappa shape index (κ2) is 4.56. The molecule has 18 heavy (non-hydrogen) atoms. The highest BCUT2D eigenvalue weighted by molar-refractivity contribution is 5.46. The molecule has 0 N–H and O–H groups in total. The minimum atomic E-state index is -0.248. The zero-order chi connectivity index (χ0) is 12.4. The third-order valence-electron chi connectivity index (χ3n) is 2.66. The minimum absolute atomic E-state index is 0.247. The van der Waals surface area contributed by atoms with Crippen molar-refractivity contribution in [2.75, 3.05) is 6.79 Å². The van der Waals surface area contributed by atoms with Gasteiger partial charge in [0.05, 0.1) is 0 Å². The van der Waals surface area contributed by atoms with Crippen LogP contribution >= 0.6 is 0 Å². The first-order valence-electron chi connectivity index (χ1n) is 5.58. The van der Waals surface area contributed by atoms with Gasteiger partial charge in [0, 0.05) is 6.07 Å². The molecule has 0 fully saturated rings. The summed E-state index contributed by atoms with van der Waals surface area (Å²) in [4.78, 5) is 0. The molecule has 1 aliphatic rings. The molecule has 92 valence electrons. The van der Waals surface area contributed by atoms with Gasteiger partial charge in [0.15, 0.2) is 11.5 Å². The zero-order valence-corrected chi connectivity index (χ0v) is 9.56. The maximum absolute atomic E-state index is 12.7. The van der Waals surface area contributed by atoms with Crippen LogP contribution < -0.4 is 14.2 Å². The largest absolute Gasteiger partial charge is 0.489 e. The SMILES string of the molecule is Fc1ccc(COc2ccc3c(c2)OCO3)cc1. The van der Waals surface area contributed by atoms with Crippen molar-refractivity contribution in [3.63, 3.8) is 0 Å². The van der Waals surface area contributed by atoms with Gasteiger partial charge in [0.25, 0.3) is 0 Å². The van der Waals surface area contributed by atoms with Crippen molar-refractivity contribution in [1.29, 1.82) is 0 Å². The normalized spacial score (nSPS) is 12.5. The highest BCUT2D eigenvalue weighted by Crippen LogP contribution is 2.35. The van der Waals surface area contributed by atoms with E-state index in [9.17, 15) is 4.39 Å². The maximum atomic E-state index is 12.7. The standard InChI is InChI=1S/C14H11FO3/c15-11-3-1-10(2-4-11)8-16-12-5-6-13-14(7-12)18-9-17-13/h1-7H,8-9H2. The van der Waals surface area contributed by atoms with Crippen LogP contribution in [-0.4, -0.2) is 6.79 Å². The first kappa shape index (κ1) is 10.9. The van der Waals surface area contributed by atoms with E-state index >= 15 is 0 Å². The van der Waals surface area contributed by atoms with Crippen LogP contribution in [0.4, 0.5) is 4.39 Å². The summed E-state index contributed by atoms with van der Waals surface area (Å²) < 4.78 is 28.8. The number of hydrogen-bond acceptors (Lipinski definition) is 3. The molecule has 4 heteroatoms. The van der Waals surface area contributed by atoms with Gasteiger partial charge >= 0.3 is 0 Å². The summed E-state index contributed by atoms with van der Waals surface area (Å²) in [6.45, 7) is 0.636. The fourth-order valence-electron chi connectivity index (χ4n) is 1.71. The molecular weight excluding hydrogens is 235 g/mol. The number of rotatable bonds is 3. The van der Waals surface area contributed by atoms with Gasteiger partial charge in [-0.3, -0.25) is 0 Å². The van der Waals surface area contributed by atoms with Crippen LogP contribution in [0.25, 0.3) is 0 Å². The van der Waals surface area contributed by atoms with Crippen LogP contribution in [0.3, 0.4) is 0 Å². The predicted molar refractivity (Wildman–Crippen MR) is 63.3 cm³/mol. The van der Waals surface area contributed by atoms with Crippen LogP contribution in [-0.2, 0) is 6.61 Å². The molecule has 0 amide bonds. The molecule has 1 aliphatic heterocycles. The van der Waals surface area contributed by atoms with Gasteiger partial charge in [0.1, 0.15) is 18.2 Å². The van der Waals surface area contributed by atoms with Crippen molar-refractivity contribution >= 4 is 0 Å². The van der Waals surface area contributed by atoms with Crippen LogP contribution in [0.2, 0.25) is 0 Å². The fourth-order valence-corrected chi connectivity index (χ4v) is 1.71. The number of hydrogen-bond donors (Lipinski definition) is 0. The second-order valence-electron chi connectivity index (χ2n) is 3.93. The van der Waals surface area contributed by atoms with E-state index in [1.807, 2.05) is 12.1 Å². The monoisotopic (exact) mass is 246 g/mol. The zero-order valence-electron chi connectivity index (χ0n) is 9.56. The lowest BCUT2D eigenvalue weighted by atomic mass is 10.2. The van der Waals surface area contributed by atoms with Crippen LogP contribution in [0.5, 0.6) is 17.2 Å². The lowest BCUT2D eigenvalue weighted by molar-refractivity contribution is 0.173. The summed E-state index contributed by atoms with van der Waals surface area (Å²) in [5.41, 5.74) is 0.911. The number of halogens is 1. The fraction of sp³-hybridized carbons (Fsp3) is 0.143. The van der Waals surface area contributed by atoms with Crippen molar-refractivity contribution < 1.29 is 18.6 Å². The smallest absolute Gasteiger partial charge is 0.231 e. The van der Waals surface area contributed by atoms with Gasteiger partial charge in [0.2, 0.25) is 6.79 Å². The number of fused-ring (bicyclic) bond motifs is 1. The predicted octanol–water partition coefficient (Wildman–Crippen LogP) is 3.13. The van der Waals surface area contributed by atoms with Crippen LogP contribution in [0, 0.1) is 5.82 Å². The summed E-state index contributed by atoms with van der Waals surface area (Å²) in [7, 11) is 0. The highest BCUT2D eigenvalue weighted by Gasteiger charge is 2.13. The van der Waals surface area contributed by atoms with Gasteiger partial charge in [-0.25, -0.2) is 4.39 Å². The third kappa shape index (κ3) is 2.22. The lowest BCUT2D eigenvalue weighted by Crippen LogP contribution is -1.95. The molecule has 0 saturated carbocycles. The molecule has 2 aromatic carbocycles. The molecule has 1 heterocycles. The van der Waals surface area contributed by atoms with Crippen molar-refractivity contribution in [1.82, 2.24) is 0 Å². The molecule has 2 aromatic rings. The second-order valence-corrected chi connectivity index (χ2v) is 3.93. The van der Waals surface area contributed by atoms with Crippen molar-refractivity contribution in [2.45, 2.75) is 6.61 Å². The van der Waals surface area contributed by atoms with Crippen molar-refractivity contribution in [2.24, 2.45) is 0 Å². The molecule has 3 nitrogen and oxygen atoms in total. The van der Waals surface area contributed by atoms with E-state index in [1.54, 1.807) is 18.2 Å². The summed E-state index contributed by atoms with van der Waals surface area (Å²) in [6, 6.07) is 11.6. The summed E-state index contributed by atoms with van der Waals surface area (Å²) >= 11 is 0. The lowest BCUT2D eigenvalue weighted by Gasteiger charge is -2.07. The highest BCUT2D eigenvalue weighted by atomic mass is 19.1. The molecule has 0 spiro atoms. The molecule has 0 atom stereocenters. The topological polar surface area (TPSA) is 27.7 Å². The Bertz CT molecular complexity index is 551. The van der Waals surface area contributed by atoms with Gasteiger partial charge in [-0.2, -0.15) is 0 Å². The number of benzene rings is 2. The van der Waals surface area contributed by atoms with Gasteiger partial charge in [-0.05, 0) is 29.8 Å². The van der Waals surface area contributed by atoms with Gasteiger partial charge < -0.3 is 14.2 Å². The van der Waals surface area contributed by atoms with E-state index in [4.69, 9.17) is 14.2 Å². The van der Waals surface area contributed by atoms with Gasteiger partial charge in [-0.1, -0.05) is 12.1 Å². The molecule has 0 saturated heterocycles. The van der Waals surface area contributed by atoms with Crippen LogP contribution in [0.15, 0.2) is 42.5 Å². The van der Waals surface area contributed by atoms with E-state index in [2.05, 4.69) is 0 Å². The Morgan fingerprint density at radius 2 is 1.78 bits per heavy atom. The average Bonchev–Trinajstić information content (AvgIpc) is 2.85. The minimum Gasteiger partial charge on any atom is -0.489 e. The van der Waals surface area contributed by atoms with E-state index < -0.39 is 0 Å². The van der Waals surface area contributed by atoms with E-state index in [1.165, 1.54) is 12.1 Å². The maximum Gasteiger partial charge on any atom is 0.231 e.